The number of hydrogen-bond donors (Lipinski definition) is 1. The standard InChI is InChI=1S/C12H13N3OS/c1-9-4-7-17-11(9)8-15(13)12(16)10-2-5-14-6-3-10/h2-7H,8,13H2,1H3. The molecule has 2 N–H and O–H groups in total. The van der Waals surface area contributed by atoms with E-state index >= 15 is 0 Å². The number of nitrogens with two attached hydrogens (primary N) is 1. The van der Waals surface area contributed by atoms with Gasteiger partial charge in [0.2, 0.25) is 0 Å². The maximum Gasteiger partial charge on any atom is 0.268 e. The predicted molar refractivity (Wildman–Crippen MR) is 67.4 cm³/mol. The number of aromatic nitrogens is 1. The summed E-state index contributed by atoms with van der Waals surface area (Å²) in [7, 11) is 0. The molecule has 0 spiro atoms. The number of thiophene rings is 1. The van der Waals surface area contributed by atoms with Crippen molar-refractivity contribution in [1.82, 2.24) is 9.99 Å². The summed E-state index contributed by atoms with van der Waals surface area (Å²) in [6.07, 6.45) is 3.16. The number of aryl methyl sites for hydroxylation is 1. The van der Waals surface area contributed by atoms with E-state index in [1.807, 2.05) is 18.4 Å². The average Bonchev–Trinajstić information content (AvgIpc) is 2.75. The zero-order valence-electron chi connectivity index (χ0n) is 9.46. The van der Waals surface area contributed by atoms with E-state index in [9.17, 15) is 4.79 Å². The first-order valence-corrected chi connectivity index (χ1v) is 6.06. The first kappa shape index (κ1) is 11.8. The smallest absolute Gasteiger partial charge is 0.268 e. The molecule has 0 aliphatic rings. The van der Waals surface area contributed by atoms with E-state index in [0.29, 0.717) is 12.1 Å². The summed E-state index contributed by atoms with van der Waals surface area (Å²) < 4.78 is 0. The Bertz CT molecular complexity index is 509. The van der Waals surface area contributed by atoms with E-state index in [-0.39, 0.29) is 5.91 Å². The number of amides is 1. The molecule has 0 saturated carbocycles. The van der Waals surface area contributed by atoms with Crippen LogP contribution in [0.3, 0.4) is 0 Å². The fourth-order valence-corrected chi connectivity index (χ4v) is 2.36. The van der Waals surface area contributed by atoms with Crippen molar-refractivity contribution in [3.63, 3.8) is 0 Å². The fourth-order valence-electron chi connectivity index (χ4n) is 1.45. The molecule has 0 aromatic carbocycles. The van der Waals surface area contributed by atoms with Crippen LogP contribution in [-0.4, -0.2) is 15.9 Å². The number of rotatable bonds is 3. The number of nitrogens with zero attached hydrogens (tertiary/aromatic N) is 2. The first-order chi connectivity index (χ1) is 8.18. The molecule has 5 heteroatoms. The number of hydrogen-bond acceptors (Lipinski definition) is 4. The Hall–Kier alpha value is -1.72. The lowest BCUT2D eigenvalue weighted by Gasteiger charge is -2.16. The summed E-state index contributed by atoms with van der Waals surface area (Å²) >= 11 is 1.60. The van der Waals surface area contributed by atoms with Gasteiger partial charge in [0.05, 0.1) is 6.54 Å². The van der Waals surface area contributed by atoms with Crippen molar-refractivity contribution in [2.24, 2.45) is 5.84 Å². The zero-order valence-corrected chi connectivity index (χ0v) is 10.3. The number of carbonyl (C=O) groups excluding carboxylic acids is 1. The average molecular weight is 247 g/mol. The first-order valence-electron chi connectivity index (χ1n) is 5.18. The van der Waals surface area contributed by atoms with Gasteiger partial charge in [-0.1, -0.05) is 0 Å². The van der Waals surface area contributed by atoms with E-state index in [1.165, 1.54) is 5.01 Å². The van der Waals surface area contributed by atoms with E-state index < -0.39 is 0 Å². The van der Waals surface area contributed by atoms with Crippen LogP contribution in [0, 0.1) is 6.92 Å². The van der Waals surface area contributed by atoms with Gasteiger partial charge >= 0.3 is 0 Å². The second kappa shape index (κ2) is 5.07. The van der Waals surface area contributed by atoms with Crippen molar-refractivity contribution in [2.75, 3.05) is 0 Å². The van der Waals surface area contributed by atoms with E-state index in [4.69, 9.17) is 5.84 Å². The molecule has 0 saturated heterocycles. The van der Waals surface area contributed by atoms with E-state index in [2.05, 4.69) is 4.98 Å². The molecular formula is C12H13N3OS. The van der Waals surface area contributed by atoms with E-state index in [0.717, 1.165) is 10.4 Å². The van der Waals surface area contributed by atoms with Crippen LogP contribution in [0.4, 0.5) is 0 Å². The molecule has 17 heavy (non-hydrogen) atoms. The van der Waals surface area contributed by atoms with Gasteiger partial charge in [-0.05, 0) is 36.1 Å². The molecule has 0 unspecified atom stereocenters. The summed E-state index contributed by atoms with van der Waals surface area (Å²) in [6, 6.07) is 5.33. The highest BCUT2D eigenvalue weighted by atomic mass is 32.1. The van der Waals surface area contributed by atoms with Crippen LogP contribution >= 0.6 is 11.3 Å². The maximum atomic E-state index is 12.0. The molecule has 88 valence electrons. The lowest BCUT2D eigenvalue weighted by atomic mass is 10.2. The third-order valence-corrected chi connectivity index (χ3v) is 3.48. The van der Waals surface area contributed by atoms with Gasteiger partial charge in [0.25, 0.3) is 5.91 Å². The van der Waals surface area contributed by atoms with Crippen molar-refractivity contribution >= 4 is 17.2 Å². The lowest BCUT2D eigenvalue weighted by Crippen LogP contribution is -2.36. The van der Waals surface area contributed by atoms with E-state index in [1.54, 1.807) is 35.9 Å². The largest absolute Gasteiger partial charge is 0.271 e. The molecule has 4 nitrogen and oxygen atoms in total. The predicted octanol–water partition coefficient (Wildman–Crippen LogP) is 1.97. The summed E-state index contributed by atoms with van der Waals surface area (Å²) in [5.74, 6) is 5.59. The van der Waals surface area contributed by atoms with Crippen LogP contribution in [0.25, 0.3) is 0 Å². The molecule has 0 fully saturated rings. The second-order valence-corrected chi connectivity index (χ2v) is 4.70. The molecule has 2 aromatic rings. The molecular weight excluding hydrogens is 234 g/mol. The normalized spacial score (nSPS) is 10.2. The topological polar surface area (TPSA) is 59.2 Å². The molecule has 1 amide bonds. The molecule has 0 radical (unpaired) electrons. The molecule has 2 rings (SSSR count). The second-order valence-electron chi connectivity index (χ2n) is 3.70. The highest BCUT2D eigenvalue weighted by molar-refractivity contribution is 7.10. The quantitative estimate of drug-likeness (QED) is 0.512. The van der Waals surface area contributed by atoms with Crippen LogP contribution in [-0.2, 0) is 6.54 Å². The van der Waals surface area contributed by atoms with Crippen molar-refractivity contribution < 1.29 is 4.79 Å². The van der Waals surface area contributed by atoms with Crippen LogP contribution in [0.15, 0.2) is 36.0 Å². The minimum absolute atomic E-state index is 0.194. The van der Waals surface area contributed by atoms with Gasteiger partial charge in [0, 0.05) is 22.8 Å². The van der Waals surface area contributed by atoms with Gasteiger partial charge < -0.3 is 0 Å². The van der Waals surface area contributed by atoms with Gasteiger partial charge in [-0.15, -0.1) is 11.3 Å². The SMILES string of the molecule is Cc1ccsc1CN(N)C(=O)c1ccncc1. The van der Waals surface area contributed by atoms with Gasteiger partial charge in [-0.3, -0.25) is 14.8 Å². The minimum Gasteiger partial charge on any atom is -0.271 e. The fraction of sp³-hybridized carbons (Fsp3) is 0.167. The third kappa shape index (κ3) is 2.69. The Balaban J connectivity index is 2.09. The molecule has 0 atom stereocenters. The number of pyridine rings is 1. The lowest BCUT2D eigenvalue weighted by molar-refractivity contribution is 0.0744. The highest BCUT2D eigenvalue weighted by Gasteiger charge is 2.13. The van der Waals surface area contributed by atoms with Gasteiger partial charge in [-0.25, -0.2) is 5.84 Å². The summed E-state index contributed by atoms with van der Waals surface area (Å²) in [4.78, 5) is 16.9. The summed E-state index contributed by atoms with van der Waals surface area (Å²) in [5.41, 5.74) is 1.71. The van der Waals surface area contributed by atoms with Crippen LogP contribution in [0.2, 0.25) is 0 Å². The van der Waals surface area contributed by atoms with Gasteiger partial charge in [-0.2, -0.15) is 0 Å². The summed E-state index contributed by atoms with van der Waals surface area (Å²) in [5, 5.41) is 3.23. The monoisotopic (exact) mass is 247 g/mol. The molecule has 2 aromatic heterocycles. The Kier molecular flexibility index (Phi) is 3.51. The zero-order chi connectivity index (χ0) is 12.3. The van der Waals surface area contributed by atoms with Crippen LogP contribution in [0.1, 0.15) is 20.8 Å². The van der Waals surface area contributed by atoms with Crippen molar-refractivity contribution in [2.45, 2.75) is 13.5 Å². The Morgan fingerprint density at radius 2 is 2.12 bits per heavy atom. The number of hydrazine groups is 1. The molecule has 0 bridgehead atoms. The summed E-state index contributed by atoms with van der Waals surface area (Å²) in [6.45, 7) is 2.45. The van der Waals surface area contributed by atoms with Crippen LogP contribution < -0.4 is 5.84 Å². The highest BCUT2D eigenvalue weighted by Crippen LogP contribution is 2.17. The Morgan fingerprint density at radius 3 is 2.71 bits per heavy atom. The third-order valence-electron chi connectivity index (χ3n) is 2.47. The minimum atomic E-state index is -0.194. The Morgan fingerprint density at radius 1 is 1.41 bits per heavy atom. The number of carbonyl (C=O) groups is 1. The van der Waals surface area contributed by atoms with Gasteiger partial charge in [0.1, 0.15) is 0 Å². The van der Waals surface area contributed by atoms with Gasteiger partial charge in [0.15, 0.2) is 0 Å². The molecule has 0 aliphatic carbocycles. The van der Waals surface area contributed by atoms with Crippen molar-refractivity contribution in [1.29, 1.82) is 0 Å². The Labute approximate surface area is 104 Å². The van der Waals surface area contributed by atoms with Crippen molar-refractivity contribution in [3.8, 4) is 0 Å². The van der Waals surface area contributed by atoms with Crippen molar-refractivity contribution in [3.05, 3.63) is 52.0 Å². The maximum absolute atomic E-state index is 12.0. The molecule has 2 heterocycles. The van der Waals surface area contributed by atoms with Crippen LogP contribution in [0.5, 0.6) is 0 Å². The molecule has 0 aliphatic heterocycles.